The molecule has 0 atom stereocenters. The van der Waals surface area contributed by atoms with Crippen LogP contribution in [0.2, 0.25) is 5.02 Å². The van der Waals surface area contributed by atoms with Crippen LogP contribution in [-0.4, -0.2) is 35.6 Å². The first-order valence-electron chi connectivity index (χ1n) is 4.91. The zero-order valence-corrected chi connectivity index (χ0v) is 10.3. The number of amides is 2. The van der Waals surface area contributed by atoms with Gasteiger partial charge in [-0.2, -0.15) is 0 Å². The van der Waals surface area contributed by atoms with Crippen molar-refractivity contribution in [3.05, 3.63) is 28.8 Å². The summed E-state index contributed by atoms with van der Waals surface area (Å²) >= 11 is 5.93. The molecule has 0 bridgehead atoms. The summed E-state index contributed by atoms with van der Waals surface area (Å²) < 4.78 is 0. The van der Waals surface area contributed by atoms with Crippen LogP contribution in [-0.2, 0) is 4.79 Å². The zero-order chi connectivity index (χ0) is 13.0. The van der Waals surface area contributed by atoms with Crippen molar-refractivity contribution in [2.75, 3.05) is 18.9 Å². The number of para-hydroxylation sites is 1. The standard InChI is InChI=1S/C11H13ClN2O3/c1-7-4-3-5-8(12)10(7)13-11(17)14(2)6-9(15)16/h3-5H,6H2,1-2H3,(H,13,17)(H,15,16). The van der Waals surface area contributed by atoms with Crippen molar-refractivity contribution in [2.45, 2.75) is 6.92 Å². The normalized spacial score (nSPS) is 9.82. The molecule has 0 unspecified atom stereocenters. The molecule has 0 spiro atoms. The number of hydrogen-bond donors (Lipinski definition) is 2. The fourth-order valence-corrected chi connectivity index (χ4v) is 1.54. The second-order valence-electron chi connectivity index (χ2n) is 3.61. The second-order valence-corrected chi connectivity index (χ2v) is 4.02. The van der Waals surface area contributed by atoms with Gasteiger partial charge in [0.05, 0.1) is 10.7 Å². The minimum Gasteiger partial charge on any atom is -0.480 e. The highest BCUT2D eigenvalue weighted by molar-refractivity contribution is 6.33. The van der Waals surface area contributed by atoms with Gasteiger partial charge in [0.2, 0.25) is 0 Å². The van der Waals surface area contributed by atoms with E-state index in [9.17, 15) is 9.59 Å². The molecule has 5 nitrogen and oxygen atoms in total. The van der Waals surface area contributed by atoms with E-state index in [1.807, 2.05) is 0 Å². The summed E-state index contributed by atoms with van der Waals surface area (Å²) in [7, 11) is 1.40. The van der Waals surface area contributed by atoms with E-state index in [2.05, 4.69) is 5.32 Å². The molecule has 0 saturated heterocycles. The highest BCUT2D eigenvalue weighted by atomic mass is 35.5. The van der Waals surface area contributed by atoms with Crippen molar-refractivity contribution < 1.29 is 14.7 Å². The number of carbonyl (C=O) groups excluding carboxylic acids is 1. The molecule has 0 aromatic heterocycles. The molecule has 2 amide bonds. The van der Waals surface area contributed by atoms with Gasteiger partial charge in [0.1, 0.15) is 6.54 Å². The number of aryl methyl sites for hydroxylation is 1. The van der Waals surface area contributed by atoms with E-state index in [4.69, 9.17) is 16.7 Å². The van der Waals surface area contributed by atoms with E-state index in [0.717, 1.165) is 10.5 Å². The highest BCUT2D eigenvalue weighted by Gasteiger charge is 2.14. The number of halogens is 1. The summed E-state index contributed by atoms with van der Waals surface area (Å²) in [6.07, 6.45) is 0. The fraction of sp³-hybridized carbons (Fsp3) is 0.273. The van der Waals surface area contributed by atoms with E-state index in [1.54, 1.807) is 25.1 Å². The maximum absolute atomic E-state index is 11.6. The SMILES string of the molecule is Cc1cccc(Cl)c1NC(=O)N(C)CC(=O)O. The van der Waals surface area contributed by atoms with Gasteiger partial charge in [-0.05, 0) is 18.6 Å². The number of likely N-dealkylation sites (N-methyl/N-ethyl adjacent to an activating group) is 1. The van der Waals surface area contributed by atoms with Crippen LogP contribution in [0.25, 0.3) is 0 Å². The summed E-state index contributed by atoms with van der Waals surface area (Å²) in [5.41, 5.74) is 1.31. The van der Waals surface area contributed by atoms with Crippen LogP contribution in [0.5, 0.6) is 0 Å². The largest absolute Gasteiger partial charge is 0.480 e. The van der Waals surface area contributed by atoms with Gasteiger partial charge in [0, 0.05) is 7.05 Å². The van der Waals surface area contributed by atoms with Crippen LogP contribution >= 0.6 is 11.6 Å². The lowest BCUT2D eigenvalue weighted by atomic mass is 10.2. The van der Waals surface area contributed by atoms with E-state index in [0.29, 0.717) is 10.7 Å². The Kier molecular flexibility index (Phi) is 4.34. The minimum absolute atomic E-state index is 0.366. The third-order valence-corrected chi connectivity index (χ3v) is 2.49. The molecular weight excluding hydrogens is 244 g/mol. The Labute approximate surface area is 104 Å². The lowest BCUT2D eigenvalue weighted by Crippen LogP contribution is -2.35. The predicted octanol–water partition coefficient (Wildman–Crippen LogP) is 2.20. The maximum Gasteiger partial charge on any atom is 0.323 e. The summed E-state index contributed by atoms with van der Waals surface area (Å²) in [5.74, 6) is -1.07. The molecule has 1 aromatic rings. The van der Waals surface area contributed by atoms with Crippen LogP contribution in [0.1, 0.15) is 5.56 Å². The Morgan fingerprint density at radius 2 is 2.12 bits per heavy atom. The third kappa shape index (κ3) is 3.64. The van der Waals surface area contributed by atoms with E-state index in [-0.39, 0.29) is 6.54 Å². The molecule has 0 aliphatic heterocycles. The van der Waals surface area contributed by atoms with E-state index >= 15 is 0 Å². The average Bonchev–Trinajstić information content (AvgIpc) is 2.22. The number of aliphatic carboxylic acids is 1. The highest BCUT2D eigenvalue weighted by Crippen LogP contribution is 2.25. The summed E-state index contributed by atoms with van der Waals surface area (Å²) in [4.78, 5) is 23.2. The number of nitrogens with zero attached hydrogens (tertiary/aromatic N) is 1. The molecule has 0 fully saturated rings. The Bertz CT molecular complexity index is 428. The van der Waals surface area contributed by atoms with Crippen LogP contribution < -0.4 is 5.32 Å². The van der Waals surface area contributed by atoms with Gasteiger partial charge >= 0.3 is 12.0 Å². The van der Waals surface area contributed by atoms with E-state index < -0.39 is 12.0 Å². The smallest absolute Gasteiger partial charge is 0.323 e. The second kappa shape index (κ2) is 5.54. The van der Waals surface area contributed by atoms with Crippen molar-refractivity contribution >= 4 is 29.3 Å². The molecule has 17 heavy (non-hydrogen) atoms. The summed E-state index contributed by atoms with van der Waals surface area (Å²) in [6, 6.07) is 4.72. The molecule has 1 rings (SSSR count). The Balaban J connectivity index is 2.78. The molecule has 2 N–H and O–H groups in total. The number of carboxylic acid groups (broad SMARTS) is 1. The Morgan fingerprint density at radius 3 is 2.65 bits per heavy atom. The number of carboxylic acids is 1. The lowest BCUT2D eigenvalue weighted by molar-refractivity contribution is -0.137. The Hall–Kier alpha value is -1.75. The van der Waals surface area contributed by atoms with Crippen molar-refractivity contribution in [1.82, 2.24) is 4.90 Å². The quantitative estimate of drug-likeness (QED) is 0.871. The number of rotatable bonds is 3. The van der Waals surface area contributed by atoms with Crippen LogP contribution in [0.4, 0.5) is 10.5 Å². The number of anilines is 1. The van der Waals surface area contributed by atoms with Crippen LogP contribution in [0, 0.1) is 6.92 Å². The van der Waals surface area contributed by atoms with Crippen molar-refractivity contribution in [2.24, 2.45) is 0 Å². The predicted molar refractivity (Wildman–Crippen MR) is 65.5 cm³/mol. The number of urea groups is 1. The first kappa shape index (κ1) is 13.3. The molecule has 0 aliphatic carbocycles. The van der Waals surface area contributed by atoms with Crippen molar-refractivity contribution in [3.63, 3.8) is 0 Å². The van der Waals surface area contributed by atoms with Crippen molar-refractivity contribution in [1.29, 1.82) is 0 Å². The van der Waals surface area contributed by atoms with Gasteiger partial charge in [0.25, 0.3) is 0 Å². The minimum atomic E-state index is -1.07. The lowest BCUT2D eigenvalue weighted by Gasteiger charge is -2.17. The molecular formula is C11H13ClN2O3. The first-order chi connectivity index (χ1) is 7.91. The molecule has 6 heteroatoms. The summed E-state index contributed by atoms with van der Waals surface area (Å²) in [5, 5.41) is 11.6. The molecule has 1 aromatic carbocycles. The van der Waals surface area contributed by atoms with Crippen LogP contribution in [0.15, 0.2) is 18.2 Å². The summed E-state index contributed by atoms with van der Waals surface area (Å²) in [6.45, 7) is 1.44. The van der Waals surface area contributed by atoms with Gasteiger partial charge < -0.3 is 15.3 Å². The van der Waals surface area contributed by atoms with Gasteiger partial charge in [-0.3, -0.25) is 4.79 Å². The maximum atomic E-state index is 11.6. The van der Waals surface area contributed by atoms with Gasteiger partial charge in [-0.1, -0.05) is 23.7 Å². The molecule has 92 valence electrons. The van der Waals surface area contributed by atoms with Gasteiger partial charge in [-0.15, -0.1) is 0 Å². The monoisotopic (exact) mass is 256 g/mol. The molecule has 0 saturated carbocycles. The zero-order valence-electron chi connectivity index (χ0n) is 9.53. The molecule has 0 aliphatic rings. The van der Waals surface area contributed by atoms with E-state index in [1.165, 1.54) is 7.05 Å². The number of carbonyl (C=O) groups is 2. The van der Waals surface area contributed by atoms with Gasteiger partial charge in [-0.25, -0.2) is 4.79 Å². The first-order valence-corrected chi connectivity index (χ1v) is 5.28. The fourth-order valence-electron chi connectivity index (χ4n) is 1.27. The average molecular weight is 257 g/mol. The topological polar surface area (TPSA) is 69.6 Å². The third-order valence-electron chi connectivity index (χ3n) is 2.17. The van der Waals surface area contributed by atoms with Gasteiger partial charge in [0.15, 0.2) is 0 Å². The molecule has 0 heterocycles. The number of benzene rings is 1. The Morgan fingerprint density at radius 1 is 1.47 bits per heavy atom. The van der Waals surface area contributed by atoms with Crippen molar-refractivity contribution in [3.8, 4) is 0 Å². The molecule has 0 radical (unpaired) electrons. The van der Waals surface area contributed by atoms with Crippen LogP contribution in [0.3, 0.4) is 0 Å². The number of hydrogen-bond acceptors (Lipinski definition) is 2. The number of nitrogens with one attached hydrogen (secondary N) is 1.